The summed E-state index contributed by atoms with van der Waals surface area (Å²) in [6.07, 6.45) is 0. The predicted octanol–water partition coefficient (Wildman–Crippen LogP) is 4.74. The number of hydrogen-bond acceptors (Lipinski definition) is 4. The van der Waals surface area contributed by atoms with E-state index in [0.29, 0.717) is 23.9 Å². The molecule has 1 aliphatic rings. The number of nitrogens with zero attached hydrogens (tertiary/aromatic N) is 1. The van der Waals surface area contributed by atoms with Gasteiger partial charge >= 0.3 is 0 Å². The predicted molar refractivity (Wildman–Crippen MR) is 120 cm³/mol. The van der Waals surface area contributed by atoms with E-state index in [1.54, 1.807) is 24.3 Å². The van der Waals surface area contributed by atoms with Gasteiger partial charge in [-0.2, -0.15) is 4.31 Å². The van der Waals surface area contributed by atoms with E-state index < -0.39 is 10.0 Å². The monoisotopic (exact) mass is 455 g/mol. The van der Waals surface area contributed by atoms with Crippen molar-refractivity contribution in [1.29, 1.82) is 0 Å². The first kappa shape index (κ1) is 22.5. The lowest BCUT2D eigenvalue weighted by molar-refractivity contribution is 0.107. The third-order valence-electron chi connectivity index (χ3n) is 5.35. The summed E-state index contributed by atoms with van der Waals surface area (Å²) >= 11 is 0. The molecule has 0 spiro atoms. The largest absolute Gasteiger partial charge is 0.492 e. The Morgan fingerprint density at radius 1 is 0.938 bits per heavy atom. The van der Waals surface area contributed by atoms with Crippen LogP contribution < -0.4 is 4.74 Å². The molecule has 0 saturated heterocycles. The SMILES string of the molecule is Cc1cc(C)cc(S(=O)(=O)N2CCOc3ccc(COCc4ccc(F)cc4)cc3C2)c1. The van der Waals surface area contributed by atoms with Crippen LogP contribution in [0.4, 0.5) is 4.39 Å². The van der Waals surface area contributed by atoms with E-state index in [0.717, 1.165) is 27.8 Å². The Labute approximate surface area is 188 Å². The Balaban J connectivity index is 1.49. The highest BCUT2D eigenvalue weighted by molar-refractivity contribution is 7.89. The van der Waals surface area contributed by atoms with Gasteiger partial charge in [0.25, 0.3) is 0 Å². The number of rotatable bonds is 6. The molecule has 0 bridgehead atoms. The van der Waals surface area contributed by atoms with Crippen molar-refractivity contribution in [2.75, 3.05) is 13.2 Å². The van der Waals surface area contributed by atoms with Crippen molar-refractivity contribution in [3.8, 4) is 5.75 Å². The van der Waals surface area contributed by atoms with Gasteiger partial charge < -0.3 is 9.47 Å². The number of sulfonamides is 1. The van der Waals surface area contributed by atoms with Crippen molar-refractivity contribution < 1.29 is 22.3 Å². The van der Waals surface area contributed by atoms with Crippen LogP contribution in [-0.2, 0) is 34.5 Å². The van der Waals surface area contributed by atoms with Gasteiger partial charge in [-0.05, 0) is 72.5 Å². The summed E-state index contributed by atoms with van der Waals surface area (Å²) in [5.74, 6) is 0.408. The maximum absolute atomic E-state index is 13.3. The van der Waals surface area contributed by atoms with E-state index in [9.17, 15) is 12.8 Å². The number of hydrogen-bond donors (Lipinski definition) is 0. The average Bonchev–Trinajstić information content (AvgIpc) is 2.97. The van der Waals surface area contributed by atoms with Gasteiger partial charge in [0, 0.05) is 18.7 Å². The van der Waals surface area contributed by atoms with Gasteiger partial charge in [0.05, 0.1) is 18.1 Å². The van der Waals surface area contributed by atoms with Gasteiger partial charge in [-0.15, -0.1) is 0 Å². The summed E-state index contributed by atoms with van der Waals surface area (Å²) in [4.78, 5) is 0.303. The molecule has 3 aromatic carbocycles. The molecule has 32 heavy (non-hydrogen) atoms. The molecule has 0 saturated carbocycles. The van der Waals surface area contributed by atoms with E-state index in [4.69, 9.17) is 9.47 Å². The third-order valence-corrected chi connectivity index (χ3v) is 7.18. The second-order valence-corrected chi connectivity index (χ2v) is 10.0. The molecule has 0 aliphatic carbocycles. The van der Waals surface area contributed by atoms with E-state index in [2.05, 4.69) is 0 Å². The van der Waals surface area contributed by atoms with E-state index in [1.165, 1.54) is 16.4 Å². The number of aryl methyl sites for hydroxylation is 2. The molecule has 7 heteroatoms. The zero-order valence-corrected chi connectivity index (χ0v) is 19.0. The maximum Gasteiger partial charge on any atom is 0.243 e. The molecule has 168 valence electrons. The number of ether oxygens (including phenoxy) is 2. The average molecular weight is 456 g/mol. The van der Waals surface area contributed by atoms with Crippen molar-refractivity contribution in [2.45, 2.75) is 38.5 Å². The topological polar surface area (TPSA) is 55.8 Å². The first-order chi connectivity index (χ1) is 15.3. The number of fused-ring (bicyclic) bond motifs is 1. The summed E-state index contributed by atoms with van der Waals surface area (Å²) in [5.41, 5.74) is 4.43. The van der Waals surface area contributed by atoms with Crippen molar-refractivity contribution in [3.05, 3.63) is 94.3 Å². The fourth-order valence-electron chi connectivity index (χ4n) is 3.82. The molecule has 3 aromatic rings. The van der Waals surface area contributed by atoms with Gasteiger partial charge in [-0.25, -0.2) is 12.8 Å². The lowest BCUT2D eigenvalue weighted by atomic mass is 10.1. The van der Waals surface area contributed by atoms with Crippen LogP contribution in [0.3, 0.4) is 0 Å². The highest BCUT2D eigenvalue weighted by Crippen LogP contribution is 2.28. The van der Waals surface area contributed by atoms with Crippen LogP contribution in [0.15, 0.2) is 65.6 Å². The number of halogens is 1. The highest BCUT2D eigenvalue weighted by Gasteiger charge is 2.28. The van der Waals surface area contributed by atoms with Crippen LogP contribution in [0.1, 0.15) is 27.8 Å². The Hall–Kier alpha value is -2.74. The van der Waals surface area contributed by atoms with Crippen LogP contribution in [0.5, 0.6) is 5.75 Å². The first-order valence-electron chi connectivity index (χ1n) is 10.5. The molecular weight excluding hydrogens is 429 g/mol. The van der Waals surface area contributed by atoms with E-state index in [1.807, 2.05) is 38.1 Å². The minimum atomic E-state index is -3.65. The van der Waals surface area contributed by atoms with Gasteiger partial charge in [-0.3, -0.25) is 0 Å². The van der Waals surface area contributed by atoms with Crippen LogP contribution in [-0.4, -0.2) is 25.9 Å². The molecule has 0 atom stereocenters. The molecule has 0 fully saturated rings. The lowest BCUT2D eigenvalue weighted by Gasteiger charge is -2.20. The lowest BCUT2D eigenvalue weighted by Crippen LogP contribution is -2.32. The Kier molecular flexibility index (Phi) is 6.60. The Morgan fingerprint density at radius 3 is 2.31 bits per heavy atom. The Morgan fingerprint density at radius 2 is 1.59 bits per heavy atom. The van der Waals surface area contributed by atoms with E-state index in [-0.39, 0.29) is 25.5 Å². The van der Waals surface area contributed by atoms with Crippen LogP contribution in [0.25, 0.3) is 0 Å². The van der Waals surface area contributed by atoms with Crippen molar-refractivity contribution in [1.82, 2.24) is 4.31 Å². The zero-order valence-electron chi connectivity index (χ0n) is 18.2. The first-order valence-corrected chi connectivity index (χ1v) is 11.9. The third kappa shape index (κ3) is 5.18. The molecule has 0 unspecified atom stereocenters. The second-order valence-electron chi connectivity index (χ2n) is 8.07. The van der Waals surface area contributed by atoms with Crippen LogP contribution >= 0.6 is 0 Å². The summed E-state index contributed by atoms with van der Waals surface area (Å²) in [6, 6.07) is 17.3. The van der Waals surface area contributed by atoms with E-state index >= 15 is 0 Å². The molecule has 0 amide bonds. The fourth-order valence-corrected chi connectivity index (χ4v) is 5.41. The quantitative estimate of drug-likeness (QED) is 0.539. The molecular formula is C25H26FNO4S. The number of benzene rings is 3. The van der Waals surface area contributed by atoms with Crippen molar-refractivity contribution in [3.63, 3.8) is 0 Å². The van der Waals surface area contributed by atoms with Crippen molar-refractivity contribution in [2.24, 2.45) is 0 Å². The Bertz CT molecular complexity index is 1190. The van der Waals surface area contributed by atoms with Gasteiger partial charge in [0.2, 0.25) is 10.0 Å². The smallest absolute Gasteiger partial charge is 0.243 e. The molecule has 5 nitrogen and oxygen atoms in total. The van der Waals surface area contributed by atoms with Crippen LogP contribution in [0.2, 0.25) is 0 Å². The van der Waals surface area contributed by atoms with Gasteiger partial charge in [0.1, 0.15) is 18.2 Å². The summed E-state index contributed by atoms with van der Waals surface area (Å²) in [7, 11) is -3.65. The van der Waals surface area contributed by atoms with Gasteiger partial charge in [0.15, 0.2) is 0 Å². The second kappa shape index (κ2) is 9.40. The summed E-state index contributed by atoms with van der Waals surface area (Å²) < 4.78 is 52.7. The minimum Gasteiger partial charge on any atom is -0.492 e. The van der Waals surface area contributed by atoms with Crippen LogP contribution in [0, 0.1) is 19.7 Å². The maximum atomic E-state index is 13.3. The summed E-state index contributed by atoms with van der Waals surface area (Å²) in [6.45, 7) is 5.31. The zero-order chi connectivity index (χ0) is 22.7. The normalized spacial score (nSPS) is 14.5. The molecule has 1 heterocycles. The minimum absolute atomic E-state index is 0.233. The molecule has 0 N–H and O–H groups in total. The molecule has 1 aliphatic heterocycles. The molecule has 0 radical (unpaired) electrons. The standard InChI is InChI=1S/C25H26FNO4S/c1-18-11-19(2)13-24(12-18)32(28,29)27-9-10-31-25-8-5-21(14-22(25)15-27)17-30-16-20-3-6-23(26)7-4-20/h3-8,11-14H,9-10,15-17H2,1-2H3. The van der Waals surface area contributed by atoms with Crippen molar-refractivity contribution >= 4 is 10.0 Å². The highest BCUT2D eigenvalue weighted by atomic mass is 32.2. The van der Waals surface area contributed by atoms with Gasteiger partial charge in [-0.1, -0.05) is 24.3 Å². The fraction of sp³-hybridized carbons (Fsp3) is 0.280. The molecule has 0 aromatic heterocycles. The molecule has 4 rings (SSSR count). The summed E-state index contributed by atoms with van der Waals surface area (Å²) in [5, 5.41) is 0.